The molecule has 0 spiro atoms. The predicted molar refractivity (Wildman–Crippen MR) is 98.8 cm³/mol. The van der Waals surface area contributed by atoms with Crippen molar-refractivity contribution in [2.75, 3.05) is 26.8 Å². The molecule has 1 N–H and O–H groups in total. The van der Waals surface area contributed by atoms with Gasteiger partial charge in [-0.15, -0.1) is 0 Å². The minimum atomic E-state index is -0.891. The van der Waals surface area contributed by atoms with Crippen molar-refractivity contribution in [1.29, 1.82) is 0 Å². The standard InChI is InChI=1S/C20H29NO5/c1-14(2)8-11-26-16-7-6-15(12-17(16)25-4)18(22)21-10-5-9-20(3,13-21)19(23)24/h6-7,12,14H,5,8-11,13H2,1-4H3,(H,23,24). The number of amides is 1. The Bertz CT molecular complexity index is 658. The molecule has 0 saturated carbocycles. The Labute approximate surface area is 155 Å². The van der Waals surface area contributed by atoms with E-state index in [1.807, 2.05) is 0 Å². The van der Waals surface area contributed by atoms with Crippen LogP contribution in [-0.2, 0) is 4.79 Å². The Kier molecular flexibility index (Phi) is 6.51. The molecule has 1 amide bonds. The van der Waals surface area contributed by atoms with Crippen LogP contribution < -0.4 is 9.47 Å². The number of hydrogen-bond acceptors (Lipinski definition) is 4. The zero-order valence-electron chi connectivity index (χ0n) is 16.1. The molecule has 1 aliphatic rings. The number of likely N-dealkylation sites (tertiary alicyclic amines) is 1. The SMILES string of the molecule is COc1cc(C(=O)N2CCCC(C)(C(=O)O)C2)ccc1OCCC(C)C. The Morgan fingerprint density at radius 2 is 2.04 bits per heavy atom. The molecule has 1 heterocycles. The summed E-state index contributed by atoms with van der Waals surface area (Å²) in [5.74, 6) is 0.631. The lowest BCUT2D eigenvalue weighted by molar-refractivity contribution is -0.150. The van der Waals surface area contributed by atoms with Crippen LogP contribution in [0.25, 0.3) is 0 Å². The summed E-state index contributed by atoms with van der Waals surface area (Å²) in [5, 5.41) is 9.43. The summed E-state index contributed by atoms with van der Waals surface area (Å²) in [4.78, 5) is 25.9. The van der Waals surface area contributed by atoms with Gasteiger partial charge in [0.05, 0.1) is 19.1 Å². The fourth-order valence-corrected chi connectivity index (χ4v) is 3.09. The molecular formula is C20H29NO5. The highest BCUT2D eigenvalue weighted by Gasteiger charge is 2.39. The third-order valence-electron chi connectivity index (χ3n) is 4.86. The van der Waals surface area contributed by atoms with Crippen molar-refractivity contribution < 1.29 is 24.2 Å². The number of hydrogen-bond donors (Lipinski definition) is 1. The van der Waals surface area contributed by atoms with Crippen molar-refractivity contribution in [3.8, 4) is 11.5 Å². The monoisotopic (exact) mass is 363 g/mol. The lowest BCUT2D eigenvalue weighted by Gasteiger charge is -2.37. The molecule has 0 aliphatic carbocycles. The van der Waals surface area contributed by atoms with Gasteiger partial charge in [-0.25, -0.2) is 0 Å². The molecule has 1 aliphatic heterocycles. The van der Waals surface area contributed by atoms with E-state index in [1.54, 1.807) is 37.1 Å². The molecule has 1 fully saturated rings. The fraction of sp³-hybridized carbons (Fsp3) is 0.600. The molecule has 1 unspecified atom stereocenters. The topological polar surface area (TPSA) is 76.1 Å². The van der Waals surface area contributed by atoms with E-state index < -0.39 is 11.4 Å². The number of rotatable bonds is 7. The summed E-state index contributed by atoms with van der Waals surface area (Å²) < 4.78 is 11.1. The van der Waals surface area contributed by atoms with Gasteiger partial charge in [0.25, 0.3) is 5.91 Å². The van der Waals surface area contributed by atoms with E-state index in [-0.39, 0.29) is 12.5 Å². The predicted octanol–water partition coefficient (Wildman–Crippen LogP) is 3.45. The summed E-state index contributed by atoms with van der Waals surface area (Å²) in [5.41, 5.74) is -0.412. The van der Waals surface area contributed by atoms with Crippen LogP contribution >= 0.6 is 0 Å². The van der Waals surface area contributed by atoms with Gasteiger partial charge in [0.15, 0.2) is 11.5 Å². The third kappa shape index (κ3) is 4.68. The molecule has 144 valence electrons. The Balaban J connectivity index is 2.12. The first kappa shape index (κ1) is 20.1. The minimum absolute atomic E-state index is 0.177. The van der Waals surface area contributed by atoms with Crippen molar-refractivity contribution in [1.82, 2.24) is 4.90 Å². The van der Waals surface area contributed by atoms with Crippen molar-refractivity contribution in [2.24, 2.45) is 11.3 Å². The van der Waals surface area contributed by atoms with Crippen molar-refractivity contribution in [3.05, 3.63) is 23.8 Å². The van der Waals surface area contributed by atoms with Gasteiger partial charge in [0.2, 0.25) is 0 Å². The summed E-state index contributed by atoms with van der Waals surface area (Å²) >= 11 is 0. The van der Waals surface area contributed by atoms with Crippen LogP contribution in [0.1, 0.15) is 50.4 Å². The first-order valence-electron chi connectivity index (χ1n) is 9.10. The lowest BCUT2D eigenvalue weighted by Crippen LogP contribution is -2.48. The van der Waals surface area contributed by atoms with Gasteiger partial charge in [0.1, 0.15) is 0 Å². The molecule has 1 aromatic carbocycles. The highest BCUT2D eigenvalue weighted by atomic mass is 16.5. The second-order valence-electron chi connectivity index (χ2n) is 7.59. The van der Waals surface area contributed by atoms with Gasteiger partial charge >= 0.3 is 5.97 Å². The van der Waals surface area contributed by atoms with Crippen LogP contribution in [0.2, 0.25) is 0 Å². The van der Waals surface area contributed by atoms with Gasteiger partial charge in [-0.05, 0) is 50.3 Å². The van der Waals surface area contributed by atoms with Crippen LogP contribution in [0, 0.1) is 11.3 Å². The molecule has 26 heavy (non-hydrogen) atoms. The quantitative estimate of drug-likeness (QED) is 0.803. The molecule has 0 bridgehead atoms. The van der Waals surface area contributed by atoms with E-state index in [0.717, 1.165) is 6.42 Å². The number of carbonyl (C=O) groups excluding carboxylic acids is 1. The van der Waals surface area contributed by atoms with E-state index in [4.69, 9.17) is 9.47 Å². The van der Waals surface area contributed by atoms with Gasteiger partial charge in [0, 0.05) is 18.7 Å². The van der Waals surface area contributed by atoms with Crippen LogP contribution in [0.5, 0.6) is 11.5 Å². The number of carboxylic acid groups (broad SMARTS) is 1. The Morgan fingerprint density at radius 3 is 2.65 bits per heavy atom. The average molecular weight is 363 g/mol. The fourth-order valence-electron chi connectivity index (χ4n) is 3.09. The summed E-state index contributed by atoms with van der Waals surface area (Å²) in [6.45, 7) is 7.33. The molecule has 2 rings (SSSR count). The number of carboxylic acids is 1. The summed E-state index contributed by atoms with van der Waals surface area (Å²) in [7, 11) is 1.54. The zero-order valence-corrected chi connectivity index (χ0v) is 16.1. The highest BCUT2D eigenvalue weighted by Crippen LogP contribution is 2.32. The molecular weight excluding hydrogens is 334 g/mol. The molecule has 6 nitrogen and oxygen atoms in total. The van der Waals surface area contributed by atoms with Crippen molar-refractivity contribution >= 4 is 11.9 Å². The maximum atomic E-state index is 12.8. The van der Waals surface area contributed by atoms with Gasteiger partial charge in [-0.2, -0.15) is 0 Å². The van der Waals surface area contributed by atoms with E-state index in [1.165, 1.54) is 0 Å². The molecule has 0 radical (unpaired) electrons. The van der Waals surface area contributed by atoms with E-state index in [9.17, 15) is 14.7 Å². The van der Waals surface area contributed by atoms with E-state index in [0.29, 0.717) is 49.0 Å². The van der Waals surface area contributed by atoms with E-state index >= 15 is 0 Å². The van der Waals surface area contributed by atoms with E-state index in [2.05, 4.69) is 13.8 Å². The van der Waals surface area contributed by atoms with Crippen LogP contribution in [-0.4, -0.2) is 48.7 Å². The third-order valence-corrected chi connectivity index (χ3v) is 4.86. The molecule has 1 saturated heterocycles. The minimum Gasteiger partial charge on any atom is -0.493 e. The first-order chi connectivity index (χ1) is 12.3. The number of carbonyl (C=O) groups is 2. The number of benzene rings is 1. The molecule has 1 atom stereocenters. The zero-order chi connectivity index (χ0) is 19.3. The number of aliphatic carboxylic acids is 1. The van der Waals surface area contributed by atoms with Gasteiger partial charge < -0.3 is 19.5 Å². The average Bonchev–Trinajstić information content (AvgIpc) is 2.61. The first-order valence-corrected chi connectivity index (χ1v) is 9.10. The largest absolute Gasteiger partial charge is 0.493 e. The van der Waals surface area contributed by atoms with Crippen LogP contribution in [0.4, 0.5) is 0 Å². The molecule has 6 heteroatoms. The molecule has 1 aromatic rings. The second-order valence-corrected chi connectivity index (χ2v) is 7.59. The number of piperidine rings is 1. The van der Waals surface area contributed by atoms with Crippen molar-refractivity contribution in [3.63, 3.8) is 0 Å². The van der Waals surface area contributed by atoms with Crippen LogP contribution in [0.3, 0.4) is 0 Å². The highest BCUT2D eigenvalue weighted by molar-refractivity contribution is 5.95. The van der Waals surface area contributed by atoms with Gasteiger partial charge in [-0.3, -0.25) is 9.59 Å². The molecule has 0 aromatic heterocycles. The lowest BCUT2D eigenvalue weighted by atomic mass is 9.82. The maximum absolute atomic E-state index is 12.8. The Morgan fingerprint density at radius 1 is 1.31 bits per heavy atom. The second kappa shape index (κ2) is 8.43. The summed E-state index contributed by atoms with van der Waals surface area (Å²) in [6.07, 6.45) is 2.20. The van der Waals surface area contributed by atoms with Crippen molar-refractivity contribution in [2.45, 2.75) is 40.0 Å². The van der Waals surface area contributed by atoms with Gasteiger partial charge in [-0.1, -0.05) is 13.8 Å². The normalized spacial score (nSPS) is 20.1. The summed E-state index contributed by atoms with van der Waals surface area (Å²) in [6, 6.07) is 5.12. The van der Waals surface area contributed by atoms with Crippen LogP contribution in [0.15, 0.2) is 18.2 Å². The number of ether oxygens (including phenoxy) is 2. The number of methoxy groups -OCH3 is 1. The number of nitrogens with zero attached hydrogens (tertiary/aromatic N) is 1. The Hall–Kier alpha value is -2.24. The maximum Gasteiger partial charge on any atom is 0.311 e. The smallest absolute Gasteiger partial charge is 0.311 e.